The number of aromatic nitrogens is 2. The number of anilines is 1. The maximum atomic E-state index is 8.99. The molecule has 0 bridgehead atoms. The predicted octanol–water partition coefficient (Wildman–Crippen LogP) is 3.07. The molecule has 0 saturated heterocycles. The summed E-state index contributed by atoms with van der Waals surface area (Å²) >= 11 is 0. The van der Waals surface area contributed by atoms with Crippen molar-refractivity contribution in [3.8, 4) is 17.3 Å². The van der Waals surface area contributed by atoms with E-state index in [2.05, 4.69) is 17.1 Å². The number of pyridine rings is 1. The van der Waals surface area contributed by atoms with Crippen LogP contribution in [0.5, 0.6) is 0 Å². The number of imidazole rings is 1. The number of nitrogen functional groups attached to an aromatic ring is 1. The fraction of sp³-hybridized carbons (Fsp3) is 0.125. The van der Waals surface area contributed by atoms with Gasteiger partial charge in [-0.25, -0.2) is 4.98 Å². The molecule has 0 aliphatic heterocycles. The Kier molecular flexibility index (Phi) is 2.69. The van der Waals surface area contributed by atoms with Crippen LogP contribution < -0.4 is 5.73 Å². The standard InChI is InChI=1S/C16H14N4/c1-10-6-11(2)20-14(7-10)19-15(16(20)18)13-5-3-4-12(8-13)9-17/h3-8H,18H2,1-2H3. The summed E-state index contributed by atoms with van der Waals surface area (Å²) < 4.78 is 1.93. The van der Waals surface area contributed by atoms with Crippen LogP contribution in [0, 0.1) is 25.2 Å². The Morgan fingerprint density at radius 3 is 2.75 bits per heavy atom. The van der Waals surface area contributed by atoms with Crippen molar-refractivity contribution >= 4 is 11.5 Å². The SMILES string of the molecule is Cc1cc(C)n2c(N)c(-c3cccc(C#N)c3)nc2c1. The Morgan fingerprint density at radius 1 is 1.20 bits per heavy atom. The van der Waals surface area contributed by atoms with E-state index in [4.69, 9.17) is 11.0 Å². The van der Waals surface area contributed by atoms with Crippen LogP contribution in [0.1, 0.15) is 16.8 Å². The number of benzene rings is 1. The van der Waals surface area contributed by atoms with Crippen molar-refractivity contribution in [2.24, 2.45) is 0 Å². The predicted molar refractivity (Wildman–Crippen MR) is 79.2 cm³/mol. The van der Waals surface area contributed by atoms with Gasteiger partial charge in [0.1, 0.15) is 17.2 Å². The van der Waals surface area contributed by atoms with Gasteiger partial charge in [0, 0.05) is 11.3 Å². The van der Waals surface area contributed by atoms with Crippen LogP contribution in [0.4, 0.5) is 5.82 Å². The highest BCUT2D eigenvalue weighted by atomic mass is 15.1. The van der Waals surface area contributed by atoms with Crippen LogP contribution in [0.15, 0.2) is 36.4 Å². The molecule has 0 atom stereocenters. The van der Waals surface area contributed by atoms with Gasteiger partial charge in [-0.05, 0) is 43.7 Å². The zero-order valence-corrected chi connectivity index (χ0v) is 11.4. The molecule has 2 heterocycles. The first-order chi connectivity index (χ1) is 9.60. The highest BCUT2D eigenvalue weighted by Crippen LogP contribution is 2.28. The van der Waals surface area contributed by atoms with Gasteiger partial charge >= 0.3 is 0 Å². The van der Waals surface area contributed by atoms with Crippen LogP contribution in [0.25, 0.3) is 16.9 Å². The zero-order valence-electron chi connectivity index (χ0n) is 11.4. The van der Waals surface area contributed by atoms with E-state index < -0.39 is 0 Å². The summed E-state index contributed by atoms with van der Waals surface area (Å²) in [6.07, 6.45) is 0. The maximum Gasteiger partial charge on any atom is 0.139 e. The largest absolute Gasteiger partial charge is 0.383 e. The molecular formula is C16H14N4. The first kappa shape index (κ1) is 12.2. The van der Waals surface area contributed by atoms with Crippen molar-refractivity contribution in [1.82, 2.24) is 9.38 Å². The fourth-order valence-electron chi connectivity index (χ4n) is 2.51. The van der Waals surface area contributed by atoms with Gasteiger partial charge in [-0.15, -0.1) is 0 Å². The first-order valence-corrected chi connectivity index (χ1v) is 6.36. The minimum atomic E-state index is 0.604. The van der Waals surface area contributed by atoms with E-state index >= 15 is 0 Å². The molecule has 0 spiro atoms. The lowest BCUT2D eigenvalue weighted by Gasteiger charge is -2.04. The number of aryl methyl sites for hydroxylation is 2. The second-order valence-electron chi connectivity index (χ2n) is 4.91. The highest BCUT2D eigenvalue weighted by molar-refractivity contribution is 5.76. The summed E-state index contributed by atoms with van der Waals surface area (Å²) in [6.45, 7) is 4.04. The topological polar surface area (TPSA) is 67.1 Å². The third-order valence-electron chi connectivity index (χ3n) is 3.35. The van der Waals surface area contributed by atoms with Gasteiger partial charge in [0.05, 0.1) is 11.6 Å². The Morgan fingerprint density at radius 2 is 2.00 bits per heavy atom. The number of fused-ring (bicyclic) bond motifs is 1. The molecule has 0 radical (unpaired) electrons. The summed E-state index contributed by atoms with van der Waals surface area (Å²) in [5.41, 5.74) is 11.4. The summed E-state index contributed by atoms with van der Waals surface area (Å²) in [7, 11) is 0. The van der Waals surface area contributed by atoms with E-state index in [0.29, 0.717) is 11.4 Å². The van der Waals surface area contributed by atoms with Crippen molar-refractivity contribution in [2.75, 3.05) is 5.73 Å². The molecule has 3 rings (SSSR count). The fourth-order valence-corrected chi connectivity index (χ4v) is 2.51. The number of nitrogens with two attached hydrogens (primary N) is 1. The minimum absolute atomic E-state index is 0.604. The van der Waals surface area contributed by atoms with E-state index in [1.807, 2.05) is 36.4 Å². The molecule has 0 aliphatic rings. The Hall–Kier alpha value is -2.80. The lowest BCUT2D eigenvalue weighted by atomic mass is 10.1. The van der Waals surface area contributed by atoms with E-state index in [9.17, 15) is 0 Å². The van der Waals surface area contributed by atoms with E-state index in [-0.39, 0.29) is 0 Å². The molecule has 4 heteroatoms. The van der Waals surface area contributed by atoms with Gasteiger partial charge in [-0.1, -0.05) is 12.1 Å². The molecule has 2 N–H and O–H groups in total. The van der Waals surface area contributed by atoms with E-state index in [1.54, 1.807) is 12.1 Å². The summed E-state index contributed by atoms with van der Waals surface area (Å²) in [5, 5.41) is 8.99. The van der Waals surface area contributed by atoms with Crippen molar-refractivity contribution < 1.29 is 0 Å². The minimum Gasteiger partial charge on any atom is -0.383 e. The van der Waals surface area contributed by atoms with Gasteiger partial charge in [0.2, 0.25) is 0 Å². The number of nitrogens with zero attached hydrogens (tertiary/aromatic N) is 3. The van der Waals surface area contributed by atoms with Gasteiger partial charge in [0.15, 0.2) is 0 Å². The molecule has 3 aromatic rings. The van der Waals surface area contributed by atoms with Gasteiger partial charge in [0.25, 0.3) is 0 Å². The summed E-state index contributed by atoms with van der Waals surface area (Å²) in [5.74, 6) is 0.604. The van der Waals surface area contributed by atoms with Crippen LogP contribution in [0.2, 0.25) is 0 Å². The van der Waals surface area contributed by atoms with Crippen molar-refractivity contribution in [3.05, 3.63) is 53.2 Å². The molecule has 98 valence electrons. The zero-order chi connectivity index (χ0) is 14.3. The molecule has 2 aromatic heterocycles. The second kappa shape index (κ2) is 4.39. The summed E-state index contributed by atoms with van der Waals surface area (Å²) in [4.78, 5) is 4.61. The van der Waals surface area contributed by atoms with Gasteiger partial charge < -0.3 is 5.73 Å². The third kappa shape index (κ3) is 1.81. The Balaban J connectivity index is 2.30. The van der Waals surface area contributed by atoms with E-state index in [1.165, 1.54) is 0 Å². The van der Waals surface area contributed by atoms with E-state index in [0.717, 1.165) is 28.2 Å². The van der Waals surface area contributed by atoms with Crippen molar-refractivity contribution in [3.63, 3.8) is 0 Å². The first-order valence-electron chi connectivity index (χ1n) is 6.36. The Bertz CT molecular complexity index is 853. The smallest absolute Gasteiger partial charge is 0.139 e. The third-order valence-corrected chi connectivity index (χ3v) is 3.35. The molecule has 0 saturated carbocycles. The molecule has 1 aromatic carbocycles. The molecule has 0 fully saturated rings. The van der Waals surface area contributed by atoms with Gasteiger partial charge in [-0.2, -0.15) is 5.26 Å². The quantitative estimate of drug-likeness (QED) is 0.732. The lowest BCUT2D eigenvalue weighted by molar-refractivity contribution is 1.09. The van der Waals surface area contributed by atoms with Crippen molar-refractivity contribution in [2.45, 2.75) is 13.8 Å². The monoisotopic (exact) mass is 262 g/mol. The van der Waals surface area contributed by atoms with Crippen LogP contribution >= 0.6 is 0 Å². The van der Waals surface area contributed by atoms with Crippen LogP contribution in [0.3, 0.4) is 0 Å². The molecule has 4 nitrogen and oxygen atoms in total. The normalized spacial score (nSPS) is 10.7. The number of hydrogen-bond donors (Lipinski definition) is 1. The second-order valence-corrected chi connectivity index (χ2v) is 4.91. The number of rotatable bonds is 1. The molecule has 0 aliphatic carbocycles. The maximum absolute atomic E-state index is 8.99. The van der Waals surface area contributed by atoms with Crippen LogP contribution in [-0.2, 0) is 0 Å². The average molecular weight is 262 g/mol. The highest BCUT2D eigenvalue weighted by Gasteiger charge is 2.13. The molecular weight excluding hydrogens is 248 g/mol. The molecule has 20 heavy (non-hydrogen) atoms. The van der Waals surface area contributed by atoms with Crippen molar-refractivity contribution in [1.29, 1.82) is 5.26 Å². The molecule has 0 amide bonds. The molecule has 0 unspecified atom stereocenters. The Labute approximate surface area is 117 Å². The number of hydrogen-bond acceptors (Lipinski definition) is 3. The summed E-state index contributed by atoms with van der Waals surface area (Å²) in [6, 6.07) is 13.5. The van der Waals surface area contributed by atoms with Gasteiger partial charge in [-0.3, -0.25) is 4.40 Å². The lowest BCUT2D eigenvalue weighted by Crippen LogP contribution is -1.98. The number of nitriles is 1. The average Bonchev–Trinajstić information content (AvgIpc) is 2.76. The van der Waals surface area contributed by atoms with Crippen LogP contribution in [-0.4, -0.2) is 9.38 Å².